The molecular weight excluding hydrogens is 451 g/mol. The summed E-state index contributed by atoms with van der Waals surface area (Å²) in [5.41, 5.74) is 1.41. The van der Waals surface area contributed by atoms with Gasteiger partial charge < -0.3 is 4.74 Å². The molecule has 1 N–H and O–H groups in total. The molecular formula is C24H18ClFN2O3S. The molecule has 0 amide bonds. The number of ether oxygens (including phenoxy) is 1. The summed E-state index contributed by atoms with van der Waals surface area (Å²) < 4.78 is 44.1. The maximum Gasteiger partial charge on any atom is 0.276 e. The number of nitrogens with one attached hydrogen (secondary N) is 1. The van der Waals surface area contributed by atoms with Crippen LogP contribution in [0.4, 0.5) is 4.39 Å². The van der Waals surface area contributed by atoms with Crippen LogP contribution in [0.15, 0.2) is 94.9 Å². The molecule has 0 atom stereocenters. The Bertz CT molecular complexity index is 1370. The Balaban J connectivity index is 1.61. The van der Waals surface area contributed by atoms with Crippen LogP contribution in [0.25, 0.3) is 10.8 Å². The third-order valence-corrected chi connectivity index (χ3v) is 6.22. The Labute approximate surface area is 190 Å². The summed E-state index contributed by atoms with van der Waals surface area (Å²) in [6, 6.07) is 23.1. The number of halogens is 2. The standard InChI is InChI=1S/C24H18ClFN2O3S/c25-19-8-12-21(13-9-19)32(29,30)28-27-15-23-22-4-2-1-3-18(22)7-14-24(23)31-16-17-5-10-20(26)11-6-17/h1-15,28H,16H2. The highest BCUT2D eigenvalue weighted by Crippen LogP contribution is 2.27. The first kappa shape index (κ1) is 21.8. The first-order chi connectivity index (χ1) is 15.4. The van der Waals surface area contributed by atoms with Gasteiger partial charge in [-0.05, 0) is 58.8 Å². The van der Waals surface area contributed by atoms with Crippen LogP contribution < -0.4 is 9.57 Å². The van der Waals surface area contributed by atoms with Gasteiger partial charge in [0.1, 0.15) is 18.2 Å². The Morgan fingerprint density at radius 2 is 1.66 bits per heavy atom. The van der Waals surface area contributed by atoms with E-state index in [0.29, 0.717) is 16.3 Å². The van der Waals surface area contributed by atoms with E-state index < -0.39 is 10.0 Å². The zero-order chi connectivity index (χ0) is 22.6. The van der Waals surface area contributed by atoms with Gasteiger partial charge in [0, 0.05) is 10.6 Å². The molecule has 4 aromatic carbocycles. The van der Waals surface area contributed by atoms with Crippen molar-refractivity contribution in [3.05, 3.63) is 107 Å². The lowest BCUT2D eigenvalue weighted by atomic mass is 10.0. The van der Waals surface area contributed by atoms with Crippen molar-refractivity contribution in [1.29, 1.82) is 0 Å². The lowest BCUT2D eigenvalue weighted by Crippen LogP contribution is -2.18. The monoisotopic (exact) mass is 468 g/mol. The third kappa shape index (κ3) is 5.07. The second-order valence-electron chi connectivity index (χ2n) is 6.92. The fourth-order valence-corrected chi connectivity index (χ4v) is 4.02. The molecule has 0 saturated heterocycles. The molecule has 32 heavy (non-hydrogen) atoms. The van der Waals surface area contributed by atoms with E-state index in [1.807, 2.05) is 30.3 Å². The lowest BCUT2D eigenvalue weighted by Gasteiger charge is -2.12. The summed E-state index contributed by atoms with van der Waals surface area (Å²) in [7, 11) is -3.86. The zero-order valence-corrected chi connectivity index (χ0v) is 18.3. The Hall–Kier alpha value is -3.42. The zero-order valence-electron chi connectivity index (χ0n) is 16.7. The van der Waals surface area contributed by atoms with Gasteiger partial charge >= 0.3 is 0 Å². The highest BCUT2D eigenvalue weighted by Gasteiger charge is 2.13. The summed E-state index contributed by atoms with van der Waals surface area (Å²) in [6.45, 7) is 0.218. The van der Waals surface area contributed by atoms with Crippen molar-refractivity contribution >= 4 is 38.6 Å². The molecule has 4 rings (SSSR count). The minimum absolute atomic E-state index is 0.0461. The van der Waals surface area contributed by atoms with Crippen LogP contribution in [0.2, 0.25) is 5.02 Å². The van der Waals surface area contributed by atoms with Gasteiger partial charge in [-0.3, -0.25) is 0 Å². The summed E-state index contributed by atoms with van der Waals surface area (Å²) >= 11 is 5.82. The molecule has 0 heterocycles. The molecule has 0 spiro atoms. The maximum atomic E-state index is 13.1. The molecule has 0 saturated carbocycles. The number of sulfonamides is 1. The fraction of sp³-hybridized carbons (Fsp3) is 0.0417. The molecule has 0 aliphatic heterocycles. The molecule has 0 aliphatic rings. The van der Waals surface area contributed by atoms with Gasteiger partial charge in [-0.15, -0.1) is 0 Å². The van der Waals surface area contributed by atoms with Crippen LogP contribution >= 0.6 is 11.6 Å². The van der Waals surface area contributed by atoms with E-state index in [1.165, 1.54) is 42.6 Å². The van der Waals surface area contributed by atoms with Crippen molar-refractivity contribution in [3.63, 3.8) is 0 Å². The normalized spacial score (nSPS) is 11.7. The predicted octanol–water partition coefficient (Wildman–Crippen LogP) is 5.52. The van der Waals surface area contributed by atoms with Crippen molar-refractivity contribution in [2.45, 2.75) is 11.5 Å². The van der Waals surface area contributed by atoms with Crippen LogP contribution in [-0.4, -0.2) is 14.6 Å². The van der Waals surface area contributed by atoms with Crippen LogP contribution in [0.1, 0.15) is 11.1 Å². The van der Waals surface area contributed by atoms with E-state index in [-0.39, 0.29) is 17.3 Å². The Morgan fingerprint density at radius 3 is 2.41 bits per heavy atom. The molecule has 5 nitrogen and oxygen atoms in total. The van der Waals surface area contributed by atoms with E-state index in [9.17, 15) is 12.8 Å². The van der Waals surface area contributed by atoms with Crippen LogP contribution in [-0.2, 0) is 16.6 Å². The molecule has 162 valence electrons. The second-order valence-corrected chi connectivity index (χ2v) is 9.02. The first-order valence-corrected chi connectivity index (χ1v) is 11.5. The van der Waals surface area contributed by atoms with E-state index in [4.69, 9.17) is 16.3 Å². The number of nitrogens with zero attached hydrogens (tertiary/aromatic N) is 1. The lowest BCUT2D eigenvalue weighted by molar-refractivity contribution is 0.306. The van der Waals surface area contributed by atoms with E-state index >= 15 is 0 Å². The average Bonchev–Trinajstić information content (AvgIpc) is 2.79. The highest BCUT2D eigenvalue weighted by molar-refractivity contribution is 7.89. The Morgan fingerprint density at radius 1 is 0.938 bits per heavy atom. The van der Waals surface area contributed by atoms with Gasteiger partial charge in [0.2, 0.25) is 0 Å². The largest absolute Gasteiger partial charge is 0.488 e. The number of fused-ring (bicyclic) bond motifs is 1. The molecule has 0 aliphatic carbocycles. The van der Waals surface area contributed by atoms with Crippen molar-refractivity contribution in [3.8, 4) is 5.75 Å². The van der Waals surface area contributed by atoms with Gasteiger partial charge in [-0.2, -0.15) is 13.5 Å². The summed E-state index contributed by atoms with van der Waals surface area (Å²) in [5, 5.41) is 6.19. The van der Waals surface area contributed by atoms with Crippen LogP contribution in [0.5, 0.6) is 5.75 Å². The van der Waals surface area contributed by atoms with Gasteiger partial charge in [-0.1, -0.05) is 54.1 Å². The minimum atomic E-state index is -3.86. The smallest absolute Gasteiger partial charge is 0.276 e. The molecule has 0 unspecified atom stereocenters. The van der Waals surface area contributed by atoms with Gasteiger partial charge in [0.05, 0.1) is 11.1 Å². The minimum Gasteiger partial charge on any atom is -0.488 e. The molecule has 8 heteroatoms. The number of hydrogen-bond donors (Lipinski definition) is 1. The van der Waals surface area contributed by atoms with Crippen molar-refractivity contribution < 1.29 is 17.5 Å². The SMILES string of the molecule is O=S(=O)(NN=Cc1c(OCc2ccc(F)cc2)ccc2ccccc12)c1ccc(Cl)cc1. The average molecular weight is 469 g/mol. The Kier molecular flexibility index (Phi) is 6.39. The van der Waals surface area contributed by atoms with Crippen LogP contribution in [0.3, 0.4) is 0 Å². The van der Waals surface area contributed by atoms with Gasteiger partial charge in [-0.25, -0.2) is 9.22 Å². The quantitative estimate of drug-likeness (QED) is 0.286. The highest BCUT2D eigenvalue weighted by atomic mass is 35.5. The van der Waals surface area contributed by atoms with Crippen molar-refractivity contribution in [2.24, 2.45) is 5.10 Å². The molecule has 0 fully saturated rings. The second kappa shape index (κ2) is 9.38. The van der Waals surface area contributed by atoms with E-state index in [1.54, 1.807) is 18.2 Å². The molecule has 0 radical (unpaired) electrons. The third-order valence-electron chi connectivity index (χ3n) is 4.73. The number of benzene rings is 4. The van der Waals surface area contributed by atoms with Crippen molar-refractivity contribution in [1.82, 2.24) is 4.83 Å². The van der Waals surface area contributed by atoms with Gasteiger partial charge in [0.25, 0.3) is 10.0 Å². The van der Waals surface area contributed by atoms with Crippen LogP contribution in [0, 0.1) is 5.82 Å². The first-order valence-electron chi connectivity index (χ1n) is 9.62. The van der Waals surface area contributed by atoms with E-state index in [0.717, 1.165) is 16.3 Å². The maximum absolute atomic E-state index is 13.1. The van der Waals surface area contributed by atoms with E-state index in [2.05, 4.69) is 9.93 Å². The molecule has 0 bridgehead atoms. The van der Waals surface area contributed by atoms with Crippen molar-refractivity contribution in [2.75, 3.05) is 0 Å². The molecule has 4 aromatic rings. The number of hydrogen-bond acceptors (Lipinski definition) is 4. The fourth-order valence-electron chi connectivity index (χ4n) is 3.10. The summed E-state index contributed by atoms with van der Waals surface area (Å²) in [6.07, 6.45) is 1.41. The number of hydrazone groups is 1. The summed E-state index contributed by atoms with van der Waals surface area (Å²) in [4.78, 5) is 2.26. The summed E-state index contributed by atoms with van der Waals surface area (Å²) in [5.74, 6) is 0.197. The molecule has 0 aromatic heterocycles. The predicted molar refractivity (Wildman–Crippen MR) is 124 cm³/mol. The topological polar surface area (TPSA) is 67.8 Å². The van der Waals surface area contributed by atoms with Gasteiger partial charge in [0.15, 0.2) is 0 Å². The number of rotatable bonds is 7.